The molecule has 0 aliphatic carbocycles. The fourth-order valence-corrected chi connectivity index (χ4v) is 1.72. The number of carboxylic acid groups (broad SMARTS) is 1. The fraction of sp³-hybridized carbons (Fsp3) is 0.417. The highest BCUT2D eigenvalue weighted by Gasteiger charge is 2.25. The minimum atomic E-state index is -1.26. The first-order valence-corrected chi connectivity index (χ1v) is 5.28. The smallest absolute Gasteiger partial charge is 0.325 e. The van der Waals surface area contributed by atoms with Crippen molar-refractivity contribution in [1.29, 1.82) is 0 Å². The highest BCUT2D eigenvalue weighted by atomic mass is 16.5. The van der Waals surface area contributed by atoms with E-state index in [4.69, 9.17) is 15.6 Å². The number of carboxylic acids is 1. The Balaban J connectivity index is 3.45. The molecule has 0 heterocycles. The Morgan fingerprint density at radius 3 is 2.41 bits per heavy atom. The summed E-state index contributed by atoms with van der Waals surface area (Å²) in [5.41, 5.74) is 6.51. The number of aliphatic carboxylic acids is 1. The van der Waals surface area contributed by atoms with Crippen LogP contribution in [0.1, 0.15) is 36.9 Å². The number of carbonyl (C=O) groups is 1. The Morgan fingerprint density at radius 2 is 2.00 bits per heavy atom. The van der Waals surface area contributed by atoms with Gasteiger partial charge in [0.25, 0.3) is 0 Å². The lowest BCUT2D eigenvalue weighted by molar-refractivity contribution is -0.138. The van der Waals surface area contributed by atoms with Crippen molar-refractivity contribution < 1.29 is 19.7 Å². The maximum Gasteiger partial charge on any atom is 0.325 e. The van der Waals surface area contributed by atoms with E-state index in [0.717, 1.165) is 0 Å². The summed E-state index contributed by atoms with van der Waals surface area (Å²) in [4.78, 5) is 10.9. The third-order valence-corrected chi connectivity index (χ3v) is 2.63. The minimum Gasteiger partial charge on any atom is -0.504 e. The van der Waals surface area contributed by atoms with Gasteiger partial charge in [0, 0.05) is 5.56 Å². The lowest BCUT2D eigenvalue weighted by atomic mass is 9.92. The van der Waals surface area contributed by atoms with Crippen LogP contribution in [0.2, 0.25) is 0 Å². The second-order valence-corrected chi connectivity index (χ2v) is 4.09. The van der Waals surface area contributed by atoms with E-state index in [0.29, 0.717) is 5.56 Å². The standard InChI is InChI=1S/C12H17NO4/c1-6(2)7-4-5-8(17-3)11(14)9(7)10(13)12(15)16/h4-6,10,14H,13H2,1-3H3,(H,15,16). The highest BCUT2D eigenvalue weighted by Crippen LogP contribution is 2.38. The van der Waals surface area contributed by atoms with E-state index in [1.54, 1.807) is 12.1 Å². The van der Waals surface area contributed by atoms with Gasteiger partial charge in [-0.25, -0.2) is 0 Å². The van der Waals surface area contributed by atoms with Gasteiger partial charge in [-0.05, 0) is 17.5 Å². The molecule has 1 aromatic carbocycles. The van der Waals surface area contributed by atoms with Gasteiger partial charge in [0.15, 0.2) is 11.5 Å². The molecule has 0 aliphatic rings. The van der Waals surface area contributed by atoms with Gasteiger partial charge >= 0.3 is 5.97 Å². The predicted molar refractivity (Wildman–Crippen MR) is 63.3 cm³/mol. The van der Waals surface area contributed by atoms with Crippen LogP contribution in [0, 0.1) is 0 Å². The zero-order valence-corrected chi connectivity index (χ0v) is 10.1. The van der Waals surface area contributed by atoms with Crippen molar-refractivity contribution >= 4 is 5.97 Å². The number of nitrogens with two attached hydrogens (primary N) is 1. The molecule has 0 saturated heterocycles. The minimum absolute atomic E-state index is 0.0622. The molecule has 1 rings (SSSR count). The van der Waals surface area contributed by atoms with Gasteiger partial charge in [-0.15, -0.1) is 0 Å². The van der Waals surface area contributed by atoms with Crippen LogP contribution >= 0.6 is 0 Å². The number of phenolic OH excluding ortho intramolecular Hbond substituents is 1. The third kappa shape index (κ3) is 2.50. The van der Waals surface area contributed by atoms with E-state index >= 15 is 0 Å². The lowest BCUT2D eigenvalue weighted by Gasteiger charge is -2.19. The van der Waals surface area contributed by atoms with Crippen LogP contribution in [0.3, 0.4) is 0 Å². The molecule has 0 saturated carbocycles. The highest BCUT2D eigenvalue weighted by molar-refractivity contribution is 5.78. The van der Waals surface area contributed by atoms with E-state index in [1.807, 2.05) is 13.8 Å². The van der Waals surface area contributed by atoms with Gasteiger partial charge in [0.2, 0.25) is 0 Å². The summed E-state index contributed by atoms with van der Waals surface area (Å²) < 4.78 is 4.95. The number of phenols is 1. The first kappa shape index (κ1) is 13.3. The Kier molecular flexibility index (Phi) is 3.96. The second kappa shape index (κ2) is 5.05. The summed E-state index contributed by atoms with van der Waals surface area (Å²) in [5, 5.41) is 18.9. The molecule has 0 spiro atoms. The molecule has 0 amide bonds. The van der Waals surface area contributed by atoms with E-state index in [2.05, 4.69) is 0 Å². The predicted octanol–water partition coefficient (Wildman–Crippen LogP) is 1.61. The normalized spacial score (nSPS) is 12.5. The molecule has 1 unspecified atom stereocenters. The summed E-state index contributed by atoms with van der Waals surface area (Å²) in [5.74, 6) is -1.10. The van der Waals surface area contributed by atoms with Crippen molar-refractivity contribution in [2.24, 2.45) is 5.73 Å². The Morgan fingerprint density at radius 1 is 1.41 bits per heavy atom. The van der Waals surface area contributed by atoms with Gasteiger partial charge < -0.3 is 20.7 Å². The van der Waals surface area contributed by atoms with Crippen molar-refractivity contribution in [3.05, 3.63) is 23.3 Å². The van der Waals surface area contributed by atoms with Crippen LogP contribution in [0.5, 0.6) is 11.5 Å². The van der Waals surface area contributed by atoms with Gasteiger partial charge in [0.1, 0.15) is 6.04 Å². The van der Waals surface area contributed by atoms with Gasteiger partial charge in [-0.1, -0.05) is 19.9 Å². The summed E-state index contributed by atoms with van der Waals surface area (Å²) in [6, 6.07) is 2.06. The Hall–Kier alpha value is -1.75. The van der Waals surface area contributed by atoms with E-state index in [9.17, 15) is 9.90 Å². The quantitative estimate of drug-likeness (QED) is 0.742. The summed E-state index contributed by atoms with van der Waals surface area (Å²) in [7, 11) is 1.40. The molecular formula is C12H17NO4. The zero-order chi connectivity index (χ0) is 13.2. The lowest BCUT2D eigenvalue weighted by Crippen LogP contribution is -2.22. The largest absolute Gasteiger partial charge is 0.504 e. The molecule has 0 aliphatic heterocycles. The van der Waals surface area contributed by atoms with Gasteiger partial charge in [-0.3, -0.25) is 4.79 Å². The number of ether oxygens (including phenoxy) is 1. The number of hydrogen-bond donors (Lipinski definition) is 3. The molecule has 5 heteroatoms. The van der Waals surface area contributed by atoms with Crippen LogP contribution in [-0.2, 0) is 4.79 Å². The number of hydrogen-bond acceptors (Lipinski definition) is 4. The fourth-order valence-electron chi connectivity index (χ4n) is 1.72. The average Bonchev–Trinajstić information content (AvgIpc) is 2.27. The number of benzene rings is 1. The first-order chi connectivity index (χ1) is 7.90. The molecule has 5 nitrogen and oxygen atoms in total. The Bertz CT molecular complexity index is 429. The van der Waals surface area contributed by atoms with E-state index in [1.165, 1.54) is 7.11 Å². The molecule has 94 valence electrons. The van der Waals surface area contributed by atoms with Crippen molar-refractivity contribution in [2.75, 3.05) is 7.11 Å². The molecule has 1 atom stereocenters. The number of aromatic hydroxyl groups is 1. The first-order valence-electron chi connectivity index (χ1n) is 5.28. The summed E-state index contributed by atoms with van der Waals surface area (Å²) in [6.07, 6.45) is 0. The number of rotatable bonds is 4. The molecule has 0 aromatic heterocycles. The SMILES string of the molecule is COc1ccc(C(C)C)c(C(N)C(=O)O)c1O. The van der Waals surface area contributed by atoms with Crippen molar-refractivity contribution in [3.8, 4) is 11.5 Å². The van der Waals surface area contributed by atoms with Gasteiger partial charge in [0.05, 0.1) is 7.11 Å². The van der Waals surface area contributed by atoms with E-state index < -0.39 is 12.0 Å². The van der Waals surface area contributed by atoms with E-state index in [-0.39, 0.29) is 23.0 Å². The molecule has 4 N–H and O–H groups in total. The topological polar surface area (TPSA) is 92.8 Å². The molecule has 0 radical (unpaired) electrons. The maximum absolute atomic E-state index is 10.9. The van der Waals surface area contributed by atoms with Crippen LogP contribution in [0.15, 0.2) is 12.1 Å². The molecular weight excluding hydrogens is 222 g/mol. The zero-order valence-electron chi connectivity index (χ0n) is 10.1. The van der Waals surface area contributed by atoms with Crippen LogP contribution in [0.4, 0.5) is 0 Å². The Labute approximate surface area is 99.8 Å². The molecule has 0 fully saturated rings. The summed E-state index contributed by atoms with van der Waals surface area (Å²) in [6.45, 7) is 3.80. The van der Waals surface area contributed by atoms with Gasteiger partial charge in [-0.2, -0.15) is 0 Å². The van der Waals surface area contributed by atoms with Crippen LogP contribution in [-0.4, -0.2) is 23.3 Å². The summed E-state index contributed by atoms with van der Waals surface area (Å²) >= 11 is 0. The molecule has 0 bridgehead atoms. The maximum atomic E-state index is 10.9. The number of methoxy groups -OCH3 is 1. The second-order valence-electron chi connectivity index (χ2n) is 4.09. The van der Waals surface area contributed by atoms with Crippen LogP contribution < -0.4 is 10.5 Å². The van der Waals surface area contributed by atoms with Crippen molar-refractivity contribution in [2.45, 2.75) is 25.8 Å². The average molecular weight is 239 g/mol. The monoisotopic (exact) mass is 239 g/mol. The van der Waals surface area contributed by atoms with Crippen molar-refractivity contribution in [1.82, 2.24) is 0 Å². The van der Waals surface area contributed by atoms with Crippen molar-refractivity contribution in [3.63, 3.8) is 0 Å². The van der Waals surface area contributed by atoms with Crippen LogP contribution in [0.25, 0.3) is 0 Å². The molecule has 1 aromatic rings. The third-order valence-electron chi connectivity index (χ3n) is 2.63. The molecule has 17 heavy (non-hydrogen) atoms.